The lowest BCUT2D eigenvalue weighted by molar-refractivity contribution is 0.101. The number of carbonyl (C=O) groups is 1. The van der Waals surface area contributed by atoms with Crippen molar-refractivity contribution in [3.63, 3.8) is 0 Å². The van der Waals surface area contributed by atoms with Crippen LogP contribution in [0.25, 0.3) is 16.8 Å². The molecule has 0 fully saturated rings. The van der Waals surface area contributed by atoms with Gasteiger partial charge in [0.05, 0.1) is 5.69 Å². The van der Waals surface area contributed by atoms with Crippen molar-refractivity contribution in [3.8, 4) is 11.1 Å². The van der Waals surface area contributed by atoms with Crippen LogP contribution < -0.4 is 0 Å². The number of hydrogen-bond donors (Lipinski definition) is 0. The number of carbonyl (C=O) groups excluding carboxylic acids is 1. The minimum atomic E-state index is 0.0418. The minimum Gasteiger partial charge on any atom is -0.298 e. The fraction of sp³-hybridized carbons (Fsp3) is 0.333. The standard InChI is InChI=1S/C15H12N2O.C4H10.C2H6/c1-11(18)14-10-13(12-6-3-2-4-7-12)15-16-8-5-9-17(14)15;1-4(2)3;1-2/h2-10H,1H3;4H,1-3H3;1-2H3. The van der Waals surface area contributed by atoms with E-state index in [1.807, 2.05) is 66.9 Å². The molecule has 0 spiro atoms. The number of rotatable bonds is 2. The van der Waals surface area contributed by atoms with E-state index in [9.17, 15) is 4.79 Å². The van der Waals surface area contributed by atoms with Crippen molar-refractivity contribution in [3.05, 3.63) is 60.6 Å². The summed E-state index contributed by atoms with van der Waals surface area (Å²) in [6.45, 7) is 12.1. The maximum Gasteiger partial charge on any atom is 0.176 e. The second kappa shape index (κ2) is 9.66. The molecule has 0 aliphatic heterocycles. The van der Waals surface area contributed by atoms with E-state index in [0.717, 1.165) is 22.7 Å². The average molecular weight is 324 g/mol. The van der Waals surface area contributed by atoms with Crippen molar-refractivity contribution >= 4 is 11.4 Å². The lowest BCUT2D eigenvalue weighted by atomic mass is 10.1. The summed E-state index contributed by atoms with van der Waals surface area (Å²) in [5.74, 6) is 0.875. The van der Waals surface area contributed by atoms with E-state index in [-0.39, 0.29) is 5.78 Å². The Bertz CT molecular complexity index is 755. The van der Waals surface area contributed by atoms with Crippen LogP contribution in [0, 0.1) is 5.92 Å². The van der Waals surface area contributed by atoms with Crippen molar-refractivity contribution in [1.29, 1.82) is 0 Å². The summed E-state index contributed by atoms with van der Waals surface area (Å²) >= 11 is 0. The summed E-state index contributed by atoms with van der Waals surface area (Å²) < 4.78 is 1.84. The smallest absolute Gasteiger partial charge is 0.176 e. The molecule has 3 rings (SSSR count). The first-order valence-electron chi connectivity index (χ1n) is 8.53. The zero-order valence-corrected chi connectivity index (χ0v) is 15.6. The topological polar surface area (TPSA) is 34.4 Å². The molecule has 0 aliphatic carbocycles. The number of aromatic nitrogens is 2. The van der Waals surface area contributed by atoms with Crippen LogP contribution in [0.4, 0.5) is 0 Å². The first-order valence-corrected chi connectivity index (χ1v) is 8.53. The molecule has 1 aromatic carbocycles. The van der Waals surface area contributed by atoms with Crippen molar-refractivity contribution in [2.45, 2.75) is 41.5 Å². The lowest BCUT2D eigenvalue weighted by Crippen LogP contribution is -1.98. The van der Waals surface area contributed by atoms with Crippen molar-refractivity contribution in [2.75, 3.05) is 0 Å². The Balaban J connectivity index is 0.000000423. The zero-order valence-electron chi connectivity index (χ0n) is 15.6. The predicted molar refractivity (Wildman–Crippen MR) is 102 cm³/mol. The molecule has 0 bridgehead atoms. The Morgan fingerprint density at radius 3 is 2.17 bits per heavy atom. The molecule has 3 aromatic rings. The van der Waals surface area contributed by atoms with Gasteiger partial charge in [-0.1, -0.05) is 65.0 Å². The van der Waals surface area contributed by atoms with Crippen LogP contribution in [0.15, 0.2) is 54.9 Å². The third-order valence-electron chi connectivity index (χ3n) is 2.97. The maximum absolute atomic E-state index is 11.7. The second-order valence-corrected chi connectivity index (χ2v) is 5.91. The molecule has 0 aliphatic rings. The van der Waals surface area contributed by atoms with Gasteiger partial charge in [-0.05, 0) is 23.6 Å². The molecule has 3 nitrogen and oxygen atoms in total. The van der Waals surface area contributed by atoms with Crippen LogP contribution in [0.5, 0.6) is 0 Å². The van der Waals surface area contributed by atoms with Gasteiger partial charge in [0.2, 0.25) is 0 Å². The van der Waals surface area contributed by atoms with E-state index in [2.05, 4.69) is 25.8 Å². The average Bonchev–Trinajstić information content (AvgIpc) is 2.97. The Morgan fingerprint density at radius 2 is 1.62 bits per heavy atom. The Hall–Kier alpha value is -2.42. The molecule has 0 saturated carbocycles. The minimum absolute atomic E-state index is 0.0418. The highest BCUT2D eigenvalue weighted by Crippen LogP contribution is 2.26. The molecule has 0 amide bonds. The molecule has 0 N–H and O–H groups in total. The fourth-order valence-corrected chi connectivity index (χ4v) is 2.14. The third-order valence-corrected chi connectivity index (χ3v) is 2.97. The van der Waals surface area contributed by atoms with E-state index in [1.165, 1.54) is 0 Å². The molecular formula is C21H28N2O. The molecule has 128 valence electrons. The maximum atomic E-state index is 11.7. The summed E-state index contributed by atoms with van der Waals surface area (Å²) in [7, 11) is 0. The van der Waals surface area contributed by atoms with Crippen LogP contribution in [0.1, 0.15) is 52.0 Å². The quantitative estimate of drug-likeness (QED) is 0.551. The molecule has 2 heterocycles. The Kier molecular flexibility index (Phi) is 7.90. The monoisotopic (exact) mass is 324 g/mol. The van der Waals surface area contributed by atoms with Gasteiger partial charge >= 0.3 is 0 Å². The number of Topliss-reactive ketones (excluding diaryl/α,β-unsaturated/α-hetero) is 1. The van der Waals surface area contributed by atoms with E-state index < -0.39 is 0 Å². The summed E-state index contributed by atoms with van der Waals surface area (Å²) in [5.41, 5.74) is 3.54. The normalized spacial score (nSPS) is 9.79. The van der Waals surface area contributed by atoms with Crippen molar-refractivity contribution < 1.29 is 4.79 Å². The third kappa shape index (κ3) is 5.05. The largest absolute Gasteiger partial charge is 0.298 e. The first-order chi connectivity index (χ1) is 11.5. The summed E-state index contributed by atoms with van der Waals surface area (Å²) in [6.07, 6.45) is 3.61. The van der Waals surface area contributed by atoms with Gasteiger partial charge in [-0.25, -0.2) is 4.98 Å². The SMILES string of the molecule is CC.CC(=O)c1cc(-c2ccccc2)c2ncccn12.CC(C)C. The number of ketones is 1. The second-order valence-electron chi connectivity index (χ2n) is 5.91. The fourth-order valence-electron chi connectivity index (χ4n) is 2.14. The molecule has 24 heavy (non-hydrogen) atoms. The molecular weight excluding hydrogens is 296 g/mol. The van der Waals surface area contributed by atoms with Gasteiger partial charge < -0.3 is 0 Å². The van der Waals surface area contributed by atoms with Crippen molar-refractivity contribution in [1.82, 2.24) is 9.38 Å². The zero-order chi connectivity index (χ0) is 18.1. The van der Waals surface area contributed by atoms with Gasteiger partial charge in [0, 0.05) is 24.9 Å². The Labute approximate surface area is 145 Å². The van der Waals surface area contributed by atoms with Crippen LogP contribution >= 0.6 is 0 Å². The highest BCUT2D eigenvalue weighted by atomic mass is 16.1. The van der Waals surface area contributed by atoms with E-state index in [0.29, 0.717) is 5.69 Å². The molecule has 0 radical (unpaired) electrons. The number of fused-ring (bicyclic) bond motifs is 1. The van der Waals surface area contributed by atoms with Gasteiger partial charge in [0.15, 0.2) is 5.78 Å². The van der Waals surface area contributed by atoms with Crippen molar-refractivity contribution in [2.24, 2.45) is 5.92 Å². The van der Waals surface area contributed by atoms with Crippen LogP contribution in [0.2, 0.25) is 0 Å². The molecule has 3 heteroatoms. The molecule has 0 unspecified atom stereocenters. The van der Waals surface area contributed by atoms with Crippen LogP contribution in [-0.2, 0) is 0 Å². The number of nitrogens with zero attached hydrogens (tertiary/aromatic N) is 2. The van der Waals surface area contributed by atoms with E-state index in [4.69, 9.17) is 0 Å². The predicted octanol–water partition coefficient (Wildman–Crippen LogP) is 5.89. The van der Waals surface area contributed by atoms with Gasteiger partial charge in [-0.2, -0.15) is 0 Å². The number of hydrogen-bond acceptors (Lipinski definition) is 2. The van der Waals surface area contributed by atoms with Gasteiger partial charge in [0.1, 0.15) is 5.65 Å². The highest BCUT2D eigenvalue weighted by molar-refractivity contribution is 5.97. The first kappa shape index (κ1) is 19.6. The summed E-state index contributed by atoms with van der Waals surface area (Å²) in [4.78, 5) is 16.0. The Morgan fingerprint density at radius 1 is 1.04 bits per heavy atom. The van der Waals surface area contributed by atoms with E-state index >= 15 is 0 Å². The number of benzene rings is 1. The molecule has 0 atom stereocenters. The van der Waals surface area contributed by atoms with Crippen LogP contribution in [0.3, 0.4) is 0 Å². The summed E-state index contributed by atoms with van der Waals surface area (Å²) in [6, 6.07) is 13.7. The van der Waals surface area contributed by atoms with E-state index in [1.54, 1.807) is 13.1 Å². The molecule has 0 saturated heterocycles. The van der Waals surface area contributed by atoms with Gasteiger partial charge in [0.25, 0.3) is 0 Å². The van der Waals surface area contributed by atoms with Gasteiger partial charge in [-0.15, -0.1) is 0 Å². The van der Waals surface area contributed by atoms with Gasteiger partial charge in [-0.3, -0.25) is 9.20 Å². The molecule has 2 aromatic heterocycles. The van der Waals surface area contributed by atoms with Crippen LogP contribution in [-0.4, -0.2) is 15.2 Å². The summed E-state index contributed by atoms with van der Waals surface area (Å²) in [5, 5.41) is 0. The lowest BCUT2D eigenvalue weighted by Gasteiger charge is -1.99. The highest BCUT2D eigenvalue weighted by Gasteiger charge is 2.13.